The lowest BCUT2D eigenvalue weighted by Gasteiger charge is -2.22. The highest BCUT2D eigenvalue weighted by Gasteiger charge is 2.24. The molecule has 0 bridgehead atoms. The highest BCUT2D eigenvalue weighted by molar-refractivity contribution is 7.92. The molecule has 1 N–H and O–H groups in total. The Bertz CT molecular complexity index is 1380. The van der Waals surface area contributed by atoms with E-state index in [1.165, 1.54) is 21.3 Å². The standard InChI is InChI=1S/C25H26N4O3S/c1-3-28(21-12-8-5-9-13-21)33(31,32)22-15-17-24(26-18-22)29-25(30)23(19(2)27-29)16-14-20-10-6-4-7-11-20/h4-13,15,17-18,27H,3,14,16H2,1-2H3. The Balaban J connectivity index is 1.59. The van der Waals surface area contributed by atoms with E-state index in [2.05, 4.69) is 10.1 Å². The van der Waals surface area contributed by atoms with Crippen molar-refractivity contribution in [1.82, 2.24) is 14.8 Å². The first-order chi connectivity index (χ1) is 15.9. The monoisotopic (exact) mass is 462 g/mol. The molecule has 0 atom stereocenters. The molecule has 33 heavy (non-hydrogen) atoms. The zero-order chi connectivity index (χ0) is 23.4. The minimum absolute atomic E-state index is 0.0672. The number of rotatable bonds is 8. The van der Waals surface area contributed by atoms with Crippen LogP contribution in [0.25, 0.3) is 5.82 Å². The highest BCUT2D eigenvalue weighted by Crippen LogP contribution is 2.23. The molecule has 0 aliphatic heterocycles. The quantitative estimate of drug-likeness (QED) is 0.431. The van der Waals surface area contributed by atoms with E-state index in [0.717, 1.165) is 17.7 Å². The molecule has 0 saturated carbocycles. The number of anilines is 1. The van der Waals surface area contributed by atoms with Crippen LogP contribution >= 0.6 is 0 Å². The predicted octanol–water partition coefficient (Wildman–Crippen LogP) is 3.87. The molecule has 4 aromatic rings. The molecule has 0 saturated heterocycles. The van der Waals surface area contributed by atoms with E-state index in [4.69, 9.17) is 0 Å². The van der Waals surface area contributed by atoms with Crippen LogP contribution in [0.1, 0.15) is 23.7 Å². The summed E-state index contributed by atoms with van der Waals surface area (Å²) in [5.41, 5.74) is 3.04. The Morgan fingerprint density at radius 2 is 1.61 bits per heavy atom. The Kier molecular flexibility index (Phi) is 6.46. The van der Waals surface area contributed by atoms with Crippen LogP contribution < -0.4 is 9.86 Å². The number of sulfonamides is 1. The van der Waals surface area contributed by atoms with Crippen LogP contribution in [0.5, 0.6) is 0 Å². The van der Waals surface area contributed by atoms with Crippen LogP contribution in [-0.4, -0.2) is 29.7 Å². The largest absolute Gasteiger partial charge is 0.294 e. The van der Waals surface area contributed by atoms with Gasteiger partial charge in [-0.25, -0.2) is 18.1 Å². The average molecular weight is 463 g/mol. The minimum atomic E-state index is -3.78. The van der Waals surface area contributed by atoms with Gasteiger partial charge in [0.15, 0.2) is 5.82 Å². The first-order valence-corrected chi connectivity index (χ1v) is 12.2. The number of benzene rings is 2. The fraction of sp³-hybridized carbons (Fsp3) is 0.200. The number of aromatic nitrogens is 3. The fourth-order valence-electron chi connectivity index (χ4n) is 3.82. The van der Waals surface area contributed by atoms with Crippen LogP contribution in [0, 0.1) is 6.92 Å². The summed E-state index contributed by atoms with van der Waals surface area (Å²) in [4.78, 5) is 17.4. The third kappa shape index (κ3) is 4.61. The van der Waals surface area contributed by atoms with Crippen LogP contribution in [0.3, 0.4) is 0 Å². The molecule has 0 amide bonds. The molecule has 0 aliphatic rings. The van der Waals surface area contributed by atoms with E-state index in [0.29, 0.717) is 23.5 Å². The Labute approximate surface area is 193 Å². The van der Waals surface area contributed by atoms with Gasteiger partial charge in [0.25, 0.3) is 15.6 Å². The smallest absolute Gasteiger partial charge is 0.276 e. The number of para-hydroxylation sites is 1. The first kappa shape index (κ1) is 22.5. The molecule has 0 spiro atoms. The zero-order valence-corrected chi connectivity index (χ0v) is 19.4. The number of nitrogens with zero attached hydrogens (tertiary/aromatic N) is 3. The summed E-state index contributed by atoms with van der Waals surface area (Å²) >= 11 is 0. The first-order valence-electron chi connectivity index (χ1n) is 10.8. The average Bonchev–Trinajstić information content (AvgIpc) is 3.12. The third-order valence-electron chi connectivity index (χ3n) is 5.57. The van der Waals surface area contributed by atoms with Crippen molar-refractivity contribution in [1.29, 1.82) is 0 Å². The maximum atomic E-state index is 13.2. The van der Waals surface area contributed by atoms with Crippen molar-refractivity contribution < 1.29 is 8.42 Å². The van der Waals surface area contributed by atoms with Crippen molar-refractivity contribution in [2.75, 3.05) is 10.8 Å². The van der Waals surface area contributed by atoms with Crippen LogP contribution in [0.4, 0.5) is 5.69 Å². The van der Waals surface area contributed by atoms with Gasteiger partial charge in [-0.3, -0.25) is 14.2 Å². The van der Waals surface area contributed by atoms with Crippen molar-refractivity contribution in [3.05, 3.63) is 106 Å². The second-order valence-electron chi connectivity index (χ2n) is 7.70. The molecule has 2 aromatic carbocycles. The van der Waals surface area contributed by atoms with E-state index < -0.39 is 10.0 Å². The molecule has 0 aliphatic carbocycles. The molecule has 0 radical (unpaired) electrons. The molecule has 7 nitrogen and oxygen atoms in total. The lowest BCUT2D eigenvalue weighted by molar-refractivity contribution is 0.591. The van der Waals surface area contributed by atoms with Crippen LogP contribution in [0.2, 0.25) is 0 Å². The van der Waals surface area contributed by atoms with E-state index >= 15 is 0 Å². The number of aromatic amines is 1. The van der Waals surface area contributed by atoms with Gasteiger partial charge in [0.1, 0.15) is 4.90 Å². The van der Waals surface area contributed by atoms with E-state index in [1.54, 1.807) is 37.3 Å². The SMILES string of the molecule is CCN(c1ccccc1)S(=O)(=O)c1ccc(-n2[nH]c(C)c(CCc3ccccc3)c2=O)nc1. The van der Waals surface area contributed by atoms with Gasteiger partial charge in [-0.05, 0) is 56.5 Å². The number of hydrogen-bond acceptors (Lipinski definition) is 4. The number of hydrogen-bond donors (Lipinski definition) is 1. The molecule has 170 valence electrons. The molecular formula is C25H26N4O3S. The van der Waals surface area contributed by atoms with Crippen LogP contribution in [-0.2, 0) is 22.9 Å². The van der Waals surface area contributed by atoms with Gasteiger partial charge in [-0.15, -0.1) is 0 Å². The Morgan fingerprint density at radius 3 is 2.21 bits per heavy atom. The lowest BCUT2D eigenvalue weighted by atomic mass is 10.1. The minimum Gasteiger partial charge on any atom is -0.294 e. The second kappa shape index (κ2) is 9.46. The zero-order valence-electron chi connectivity index (χ0n) is 18.6. The van der Waals surface area contributed by atoms with Crippen molar-refractivity contribution in [2.45, 2.75) is 31.6 Å². The maximum Gasteiger partial charge on any atom is 0.276 e. The number of pyridine rings is 1. The van der Waals surface area contributed by atoms with Gasteiger partial charge in [-0.1, -0.05) is 48.5 Å². The number of nitrogens with one attached hydrogen (secondary N) is 1. The molecule has 0 unspecified atom stereocenters. The summed E-state index contributed by atoms with van der Waals surface area (Å²) in [6.45, 7) is 3.93. The van der Waals surface area contributed by atoms with Gasteiger partial charge < -0.3 is 0 Å². The summed E-state index contributed by atoms with van der Waals surface area (Å²) in [6, 6.07) is 22.0. The summed E-state index contributed by atoms with van der Waals surface area (Å²) in [5.74, 6) is 0.343. The Morgan fingerprint density at radius 1 is 0.939 bits per heavy atom. The molecule has 2 heterocycles. The predicted molar refractivity (Wildman–Crippen MR) is 129 cm³/mol. The summed E-state index contributed by atoms with van der Waals surface area (Å²) in [7, 11) is -3.78. The normalized spacial score (nSPS) is 11.5. The maximum absolute atomic E-state index is 13.2. The molecule has 0 fully saturated rings. The summed E-state index contributed by atoms with van der Waals surface area (Å²) in [6.07, 6.45) is 2.65. The van der Waals surface area contributed by atoms with E-state index in [-0.39, 0.29) is 17.0 Å². The third-order valence-corrected chi connectivity index (χ3v) is 7.46. The fourth-order valence-corrected chi connectivity index (χ4v) is 5.24. The number of H-pyrrole nitrogens is 1. The Hall–Kier alpha value is -3.65. The number of aryl methyl sites for hydroxylation is 2. The van der Waals surface area contributed by atoms with E-state index in [9.17, 15) is 13.2 Å². The van der Waals surface area contributed by atoms with Crippen molar-refractivity contribution in [3.63, 3.8) is 0 Å². The molecule has 2 aromatic heterocycles. The summed E-state index contributed by atoms with van der Waals surface area (Å²) < 4.78 is 29.0. The molecule has 8 heteroatoms. The van der Waals surface area contributed by atoms with Gasteiger partial charge in [-0.2, -0.15) is 0 Å². The van der Waals surface area contributed by atoms with Crippen molar-refractivity contribution >= 4 is 15.7 Å². The topological polar surface area (TPSA) is 88.1 Å². The van der Waals surface area contributed by atoms with Crippen molar-refractivity contribution in [3.8, 4) is 5.82 Å². The van der Waals surface area contributed by atoms with Gasteiger partial charge in [0, 0.05) is 24.0 Å². The van der Waals surface area contributed by atoms with Gasteiger partial charge >= 0.3 is 0 Å². The highest BCUT2D eigenvalue weighted by atomic mass is 32.2. The lowest BCUT2D eigenvalue weighted by Crippen LogP contribution is -2.30. The molecular weight excluding hydrogens is 436 g/mol. The van der Waals surface area contributed by atoms with Gasteiger partial charge in [0.2, 0.25) is 0 Å². The van der Waals surface area contributed by atoms with E-state index in [1.807, 2.05) is 43.3 Å². The second-order valence-corrected chi connectivity index (χ2v) is 9.56. The summed E-state index contributed by atoms with van der Waals surface area (Å²) in [5, 5.41) is 3.07. The van der Waals surface area contributed by atoms with Gasteiger partial charge in [0.05, 0.1) is 5.69 Å². The van der Waals surface area contributed by atoms with Crippen LogP contribution in [0.15, 0.2) is 88.7 Å². The molecule has 4 rings (SSSR count). The van der Waals surface area contributed by atoms with Crippen molar-refractivity contribution in [2.24, 2.45) is 0 Å².